The molecule has 20 heavy (non-hydrogen) atoms. The summed E-state index contributed by atoms with van der Waals surface area (Å²) in [5.74, 6) is 0.903. The predicted molar refractivity (Wildman–Crippen MR) is 82.3 cm³/mol. The summed E-state index contributed by atoms with van der Waals surface area (Å²) in [7, 11) is 0. The topological polar surface area (TPSA) is 38.3 Å². The van der Waals surface area contributed by atoms with E-state index in [1.165, 1.54) is 0 Å². The number of rotatable bonds is 6. The van der Waals surface area contributed by atoms with Gasteiger partial charge in [0.15, 0.2) is 0 Å². The van der Waals surface area contributed by atoms with Crippen LogP contribution in [0.1, 0.15) is 17.4 Å². The maximum atomic E-state index is 11.8. The van der Waals surface area contributed by atoms with E-state index in [-0.39, 0.29) is 11.9 Å². The summed E-state index contributed by atoms with van der Waals surface area (Å²) in [4.78, 5) is 12.9. The van der Waals surface area contributed by atoms with Crippen molar-refractivity contribution >= 4 is 17.2 Å². The number of thiophene rings is 1. The number of nitrogens with one attached hydrogen (secondary N) is 1. The van der Waals surface area contributed by atoms with E-state index in [0.29, 0.717) is 13.0 Å². The van der Waals surface area contributed by atoms with Crippen molar-refractivity contribution in [1.82, 2.24) is 5.32 Å². The Bertz CT molecular complexity index is 551. The fraction of sp³-hybridized carbons (Fsp3) is 0.312. The van der Waals surface area contributed by atoms with Crippen LogP contribution in [0, 0.1) is 6.92 Å². The predicted octanol–water partition coefficient (Wildman–Crippen LogP) is 3.18. The quantitative estimate of drug-likeness (QED) is 0.887. The molecule has 2 rings (SSSR count). The van der Waals surface area contributed by atoms with Crippen molar-refractivity contribution in [2.75, 3.05) is 6.61 Å². The Labute approximate surface area is 123 Å². The zero-order valence-electron chi connectivity index (χ0n) is 11.8. The molecule has 1 heterocycles. The Morgan fingerprint density at radius 3 is 2.80 bits per heavy atom. The lowest BCUT2D eigenvalue weighted by Crippen LogP contribution is -2.37. The number of hydrogen-bond donors (Lipinski definition) is 1. The molecule has 0 aliphatic rings. The molecule has 0 aliphatic heterocycles. The van der Waals surface area contributed by atoms with E-state index in [2.05, 4.69) is 5.32 Å². The second-order valence-corrected chi connectivity index (χ2v) is 5.83. The molecule has 0 aliphatic carbocycles. The van der Waals surface area contributed by atoms with Gasteiger partial charge < -0.3 is 10.1 Å². The second kappa shape index (κ2) is 7.10. The second-order valence-electron chi connectivity index (χ2n) is 4.80. The summed E-state index contributed by atoms with van der Waals surface area (Å²) >= 11 is 1.60. The zero-order valence-corrected chi connectivity index (χ0v) is 12.6. The van der Waals surface area contributed by atoms with Crippen molar-refractivity contribution in [2.24, 2.45) is 0 Å². The Balaban J connectivity index is 1.76. The first-order valence-corrected chi connectivity index (χ1v) is 7.53. The molecule has 0 bridgehead atoms. The van der Waals surface area contributed by atoms with Gasteiger partial charge in [0.05, 0.1) is 12.5 Å². The van der Waals surface area contributed by atoms with E-state index in [0.717, 1.165) is 16.2 Å². The third-order valence-corrected chi connectivity index (χ3v) is 3.78. The molecule has 106 valence electrons. The molecule has 1 aromatic heterocycles. The molecule has 2 aromatic rings. The highest BCUT2D eigenvalue weighted by atomic mass is 32.1. The average Bonchev–Trinajstić information content (AvgIpc) is 2.90. The summed E-state index contributed by atoms with van der Waals surface area (Å²) in [5.41, 5.74) is 1.10. The molecule has 1 amide bonds. The van der Waals surface area contributed by atoms with Crippen molar-refractivity contribution in [2.45, 2.75) is 26.3 Å². The third kappa shape index (κ3) is 4.38. The fourth-order valence-corrected chi connectivity index (χ4v) is 2.58. The van der Waals surface area contributed by atoms with Crippen molar-refractivity contribution in [3.8, 4) is 5.75 Å². The van der Waals surface area contributed by atoms with Gasteiger partial charge in [0.1, 0.15) is 12.4 Å². The molecule has 0 fully saturated rings. The largest absolute Gasteiger partial charge is 0.491 e. The molecule has 1 N–H and O–H groups in total. The van der Waals surface area contributed by atoms with Gasteiger partial charge in [-0.15, -0.1) is 11.3 Å². The first kappa shape index (κ1) is 14.6. The van der Waals surface area contributed by atoms with Crippen molar-refractivity contribution < 1.29 is 9.53 Å². The summed E-state index contributed by atoms with van der Waals surface area (Å²) < 4.78 is 5.72. The van der Waals surface area contributed by atoms with Crippen molar-refractivity contribution in [3.05, 3.63) is 52.2 Å². The van der Waals surface area contributed by atoms with E-state index in [9.17, 15) is 4.79 Å². The highest BCUT2D eigenvalue weighted by Gasteiger charge is 2.09. The monoisotopic (exact) mass is 289 g/mol. The van der Waals surface area contributed by atoms with Gasteiger partial charge in [0, 0.05) is 4.88 Å². The molecule has 0 spiro atoms. The standard InChI is InChI=1S/C16H19NO2S/c1-12-6-3-4-8-15(12)19-11-13(2)17-16(18)10-14-7-5-9-20-14/h3-9,13H,10-11H2,1-2H3,(H,17,18). The van der Waals surface area contributed by atoms with E-state index in [1.54, 1.807) is 11.3 Å². The Hall–Kier alpha value is -1.81. The highest BCUT2D eigenvalue weighted by molar-refractivity contribution is 7.10. The summed E-state index contributed by atoms with van der Waals surface area (Å²) in [6, 6.07) is 11.8. The fourth-order valence-electron chi connectivity index (χ4n) is 1.87. The molecule has 3 nitrogen and oxygen atoms in total. The lowest BCUT2D eigenvalue weighted by atomic mass is 10.2. The minimum absolute atomic E-state index is 0.0120. The molecular formula is C16H19NO2S. The van der Waals surface area contributed by atoms with Crippen molar-refractivity contribution in [3.63, 3.8) is 0 Å². The molecule has 1 aromatic carbocycles. The Morgan fingerprint density at radius 2 is 2.10 bits per heavy atom. The smallest absolute Gasteiger partial charge is 0.225 e. The maximum Gasteiger partial charge on any atom is 0.225 e. The van der Waals surface area contributed by atoms with Crippen LogP contribution >= 0.6 is 11.3 Å². The number of carbonyl (C=O) groups is 1. The van der Waals surface area contributed by atoms with Gasteiger partial charge in [-0.25, -0.2) is 0 Å². The van der Waals surface area contributed by atoms with Crippen LogP contribution in [0.15, 0.2) is 41.8 Å². The van der Waals surface area contributed by atoms with E-state index < -0.39 is 0 Å². The number of para-hydroxylation sites is 1. The van der Waals surface area contributed by atoms with Crippen LogP contribution in [0.2, 0.25) is 0 Å². The molecule has 0 saturated heterocycles. The summed E-state index contributed by atoms with van der Waals surface area (Å²) in [5, 5.41) is 4.93. The first-order valence-electron chi connectivity index (χ1n) is 6.65. The summed E-state index contributed by atoms with van der Waals surface area (Å²) in [6.07, 6.45) is 0.437. The van der Waals surface area contributed by atoms with Gasteiger partial charge in [0.25, 0.3) is 0 Å². The van der Waals surface area contributed by atoms with Crippen LogP contribution in [0.5, 0.6) is 5.75 Å². The first-order chi connectivity index (χ1) is 9.65. The Kier molecular flexibility index (Phi) is 5.18. The average molecular weight is 289 g/mol. The van der Waals surface area contributed by atoms with Crippen LogP contribution in [-0.2, 0) is 11.2 Å². The number of aryl methyl sites for hydroxylation is 1. The molecule has 1 unspecified atom stereocenters. The maximum absolute atomic E-state index is 11.8. The lowest BCUT2D eigenvalue weighted by Gasteiger charge is -2.16. The molecule has 1 atom stereocenters. The van der Waals surface area contributed by atoms with Gasteiger partial charge in [-0.05, 0) is 36.9 Å². The van der Waals surface area contributed by atoms with E-state index in [4.69, 9.17) is 4.74 Å². The molecule has 0 saturated carbocycles. The van der Waals surface area contributed by atoms with Gasteiger partial charge >= 0.3 is 0 Å². The Morgan fingerprint density at radius 1 is 1.30 bits per heavy atom. The summed E-state index contributed by atoms with van der Waals surface area (Å²) in [6.45, 7) is 4.43. The SMILES string of the molecule is Cc1ccccc1OCC(C)NC(=O)Cc1cccs1. The van der Waals surface area contributed by atoms with Crippen molar-refractivity contribution in [1.29, 1.82) is 0 Å². The van der Waals surface area contributed by atoms with Crippen LogP contribution in [0.4, 0.5) is 0 Å². The number of benzene rings is 1. The van der Waals surface area contributed by atoms with Gasteiger partial charge in [0.2, 0.25) is 5.91 Å². The minimum Gasteiger partial charge on any atom is -0.491 e. The van der Waals surface area contributed by atoms with Crippen LogP contribution in [-0.4, -0.2) is 18.6 Å². The number of ether oxygens (including phenoxy) is 1. The molecule has 4 heteroatoms. The van der Waals surface area contributed by atoms with Crippen LogP contribution in [0.25, 0.3) is 0 Å². The number of hydrogen-bond acceptors (Lipinski definition) is 3. The molecular weight excluding hydrogens is 270 g/mol. The van der Waals surface area contributed by atoms with E-state index >= 15 is 0 Å². The van der Waals surface area contributed by atoms with Crippen LogP contribution < -0.4 is 10.1 Å². The number of carbonyl (C=O) groups excluding carboxylic acids is 1. The lowest BCUT2D eigenvalue weighted by molar-refractivity contribution is -0.121. The normalized spacial score (nSPS) is 11.9. The van der Waals surface area contributed by atoms with Gasteiger partial charge in [-0.3, -0.25) is 4.79 Å². The van der Waals surface area contributed by atoms with Gasteiger partial charge in [-0.1, -0.05) is 24.3 Å². The number of amides is 1. The van der Waals surface area contributed by atoms with E-state index in [1.807, 2.05) is 55.6 Å². The zero-order chi connectivity index (χ0) is 14.4. The van der Waals surface area contributed by atoms with Crippen LogP contribution in [0.3, 0.4) is 0 Å². The highest BCUT2D eigenvalue weighted by Crippen LogP contribution is 2.16. The molecule has 0 radical (unpaired) electrons. The third-order valence-electron chi connectivity index (χ3n) is 2.90. The minimum atomic E-state index is -0.0120. The van der Waals surface area contributed by atoms with Gasteiger partial charge in [-0.2, -0.15) is 0 Å².